The molecule has 4 nitrogen and oxygen atoms in total. The van der Waals surface area contributed by atoms with Gasteiger partial charge in [0.2, 0.25) is 0 Å². The zero-order valence-corrected chi connectivity index (χ0v) is 13.7. The largest absolute Gasteiger partial charge is 0.487 e. The van der Waals surface area contributed by atoms with Crippen molar-refractivity contribution in [2.45, 2.75) is 18.9 Å². The molecule has 0 saturated carbocycles. The van der Waals surface area contributed by atoms with Crippen LogP contribution in [0.15, 0.2) is 41.3 Å². The van der Waals surface area contributed by atoms with E-state index >= 15 is 0 Å². The molecule has 0 amide bonds. The van der Waals surface area contributed by atoms with Gasteiger partial charge in [-0.1, -0.05) is 11.6 Å². The van der Waals surface area contributed by atoms with E-state index in [2.05, 4.69) is 30.8 Å². The molecule has 1 atom stereocenters. The molecule has 3 rings (SSSR count). The van der Waals surface area contributed by atoms with Gasteiger partial charge >= 0.3 is 0 Å². The van der Waals surface area contributed by atoms with Gasteiger partial charge in [-0.3, -0.25) is 4.98 Å². The van der Waals surface area contributed by atoms with Crippen LogP contribution in [0.4, 0.5) is 5.82 Å². The SMILES string of the molecule is Clc1cc(Br)cnc1N1CCCC(Oc2cccnc2)C1. The summed E-state index contributed by atoms with van der Waals surface area (Å²) >= 11 is 9.67. The first-order valence-corrected chi connectivity index (χ1v) is 8.02. The van der Waals surface area contributed by atoms with E-state index < -0.39 is 0 Å². The number of nitrogens with zero attached hydrogens (tertiary/aromatic N) is 3. The predicted molar refractivity (Wildman–Crippen MR) is 87.0 cm³/mol. The van der Waals surface area contributed by atoms with Crippen molar-refractivity contribution in [2.24, 2.45) is 0 Å². The molecule has 2 aromatic rings. The summed E-state index contributed by atoms with van der Waals surface area (Å²) < 4.78 is 6.87. The molecule has 21 heavy (non-hydrogen) atoms. The molecule has 0 bridgehead atoms. The molecular weight excluding hydrogens is 354 g/mol. The van der Waals surface area contributed by atoms with Crippen molar-refractivity contribution in [2.75, 3.05) is 18.0 Å². The summed E-state index contributed by atoms with van der Waals surface area (Å²) in [5.74, 6) is 1.62. The molecule has 1 aliphatic heterocycles. The minimum absolute atomic E-state index is 0.129. The monoisotopic (exact) mass is 367 g/mol. The lowest BCUT2D eigenvalue weighted by atomic mass is 10.1. The van der Waals surface area contributed by atoms with Crippen molar-refractivity contribution in [1.82, 2.24) is 9.97 Å². The second kappa shape index (κ2) is 6.62. The maximum atomic E-state index is 6.29. The van der Waals surface area contributed by atoms with Crippen LogP contribution in [0.1, 0.15) is 12.8 Å². The van der Waals surface area contributed by atoms with Crippen LogP contribution in [-0.4, -0.2) is 29.2 Å². The molecule has 110 valence electrons. The fourth-order valence-electron chi connectivity index (χ4n) is 2.48. The Morgan fingerprint density at radius 1 is 1.38 bits per heavy atom. The summed E-state index contributed by atoms with van der Waals surface area (Å²) in [6, 6.07) is 5.68. The van der Waals surface area contributed by atoms with Crippen LogP contribution in [0.25, 0.3) is 0 Å². The molecule has 2 aromatic heterocycles. The second-order valence-corrected chi connectivity index (χ2v) is 6.30. The first-order valence-electron chi connectivity index (χ1n) is 6.85. The van der Waals surface area contributed by atoms with E-state index in [9.17, 15) is 0 Å². The maximum Gasteiger partial charge on any atom is 0.147 e. The normalized spacial score (nSPS) is 18.6. The first kappa shape index (κ1) is 14.6. The third-order valence-corrected chi connectivity index (χ3v) is 4.12. The fraction of sp³-hybridized carbons (Fsp3) is 0.333. The molecule has 0 aromatic carbocycles. The minimum Gasteiger partial charge on any atom is -0.487 e. The highest BCUT2D eigenvalue weighted by Gasteiger charge is 2.23. The summed E-state index contributed by atoms with van der Waals surface area (Å²) in [6.45, 7) is 1.73. The van der Waals surface area contributed by atoms with E-state index in [1.54, 1.807) is 18.6 Å². The lowest BCUT2D eigenvalue weighted by Crippen LogP contribution is -2.41. The number of hydrogen-bond donors (Lipinski definition) is 0. The van der Waals surface area contributed by atoms with Crippen molar-refractivity contribution in [1.29, 1.82) is 0 Å². The number of rotatable bonds is 3. The highest BCUT2D eigenvalue weighted by molar-refractivity contribution is 9.10. The number of halogens is 2. The van der Waals surface area contributed by atoms with Crippen LogP contribution in [0, 0.1) is 0 Å². The summed E-state index contributed by atoms with van der Waals surface area (Å²) in [5.41, 5.74) is 0. The number of hydrogen-bond acceptors (Lipinski definition) is 4. The van der Waals surface area contributed by atoms with Crippen LogP contribution < -0.4 is 9.64 Å². The molecule has 0 radical (unpaired) electrons. The average Bonchev–Trinajstić information content (AvgIpc) is 2.48. The van der Waals surface area contributed by atoms with Gasteiger partial charge in [-0.25, -0.2) is 4.98 Å². The Labute approximate surface area is 137 Å². The second-order valence-electron chi connectivity index (χ2n) is 4.98. The third kappa shape index (κ3) is 3.66. The van der Waals surface area contributed by atoms with Gasteiger partial charge in [-0.15, -0.1) is 0 Å². The Bertz CT molecular complexity index is 611. The molecule has 0 spiro atoms. The highest BCUT2D eigenvalue weighted by Crippen LogP contribution is 2.29. The van der Waals surface area contributed by atoms with E-state index in [-0.39, 0.29) is 6.10 Å². The molecule has 1 saturated heterocycles. The Balaban J connectivity index is 1.71. The fourth-order valence-corrected chi connectivity index (χ4v) is 3.23. The van der Waals surface area contributed by atoms with E-state index in [1.165, 1.54) is 0 Å². The van der Waals surface area contributed by atoms with Gasteiger partial charge in [0, 0.05) is 23.4 Å². The zero-order valence-electron chi connectivity index (χ0n) is 11.4. The van der Waals surface area contributed by atoms with Crippen molar-refractivity contribution in [3.63, 3.8) is 0 Å². The predicted octanol–water partition coefficient (Wildman–Crippen LogP) is 3.94. The van der Waals surface area contributed by atoms with Crippen molar-refractivity contribution in [3.05, 3.63) is 46.3 Å². The average molecular weight is 369 g/mol. The van der Waals surface area contributed by atoms with Crippen LogP contribution in [0.5, 0.6) is 5.75 Å². The van der Waals surface area contributed by atoms with Crippen molar-refractivity contribution >= 4 is 33.3 Å². The van der Waals surface area contributed by atoms with Crippen LogP contribution in [0.3, 0.4) is 0 Å². The van der Waals surface area contributed by atoms with Gasteiger partial charge < -0.3 is 9.64 Å². The molecule has 1 aliphatic rings. The Kier molecular flexibility index (Phi) is 4.60. The topological polar surface area (TPSA) is 38.2 Å². The zero-order chi connectivity index (χ0) is 14.7. The van der Waals surface area contributed by atoms with Gasteiger partial charge in [0.25, 0.3) is 0 Å². The van der Waals surface area contributed by atoms with E-state index in [0.717, 1.165) is 42.0 Å². The summed E-state index contributed by atoms with van der Waals surface area (Å²) in [5, 5.41) is 0.659. The van der Waals surface area contributed by atoms with Gasteiger partial charge in [0.15, 0.2) is 0 Å². The van der Waals surface area contributed by atoms with Crippen LogP contribution >= 0.6 is 27.5 Å². The smallest absolute Gasteiger partial charge is 0.147 e. The molecule has 6 heteroatoms. The number of piperidine rings is 1. The summed E-state index contributed by atoms with van der Waals surface area (Å²) in [7, 11) is 0. The summed E-state index contributed by atoms with van der Waals surface area (Å²) in [4.78, 5) is 10.7. The van der Waals surface area contributed by atoms with E-state index in [0.29, 0.717) is 5.02 Å². The Morgan fingerprint density at radius 3 is 3.05 bits per heavy atom. The van der Waals surface area contributed by atoms with Crippen LogP contribution in [0.2, 0.25) is 5.02 Å². The lowest BCUT2D eigenvalue weighted by Gasteiger charge is -2.34. The van der Waals surface area contributed by atoms with Gasteiger partial charge in [0.05, 0.1) is 17.8 Å². The number of ether oxygens (including phenoxy) is 1. The highest BCUT2D eigenvalue weighted by atomic mass is 79.9. The minimum atomic E-state index is 0.129. The number of aromatic nitrogens is 2. The quantitative estimate of drug-likeness (QED) is 0.822. The maximum absolute atomic E-state index is 6.29. The molecule has 3 heterocycles. The van der Waals surface area contributed by atoms with E-state index in [4.69, 9.17) is 16.3 Å². The molecule has 1 unspecified atom stereocenters. The Morgan fingerprint density at radius 2 is 2.29 bits per heavy atom. The number of anilines is 1. The third-order valence-electron chi connectivity index (χ3n) is 3.40. The molecule has 1 fully saturated rings. The van der Waals surface area contributed by atoms with Crippen LogP contribution in [-0.2, 0) is 0 Å². The van der Waals surface area contributed by atoms with E-state index in [1.807, 2.05) is 18.2 Å². The lowest BCUT2D eigenvalue weighted by molar-refractivity contribution is 0.178. The van der Waals surface area contributed by atoms with Gasteiger partial charge in [-0.05, 0) is 47.0 Å². The standard InChI is InChI=1S/C15H15BrClN3O/c16-11-7-14(17)15(19-8-11)20-6-2-4-13(10-20)21-12-3-1-5-18-9-12/h1,3,5,7-9,13H,2,4,6,10H2. The molecule has 0 N–H and O–H groups in total. The number of pyridine rings is 2. The summed E-state index contributed by atoms with van der Waals surface area (Å²) in [6.07, 6.45) is 7.46. The molecular formula is C15H15BrClN3O. The van der Waals surface area contributed by atoms with Crippen molar-refractivity contribution < 1.29 is 4.74 Å². The first-order chi connectivity index (χ1) is 10.2. The van der Waals surface area contributed by atoms with Crippen molar-refractivity contribution in [3.8, 4) is 5.75 Å². The van der Waals surface area contributed by atoms with Gasteiger partial charge in [0.1, 0.15) is 17.7 Å². The Hall–Kier alpha value is -1.33. The molecule has 0 aliphatic carbocycles. The van der Waals surface area contributed by atoms with Gasteiger partial charge in [-0.2, -0.15) is 0 Å².